The lowest BCUT2D eigenvalue weighted by Crippen LogP contribution is -2.17. The molecule has 0 N–H and O–H groups in total. The average molecular weight is 412 g/mol. The molecule has 0 bridgehead atoms. The van der Waals surface area contributed by atoms with Crippen LogP contribution in [0.15, 0.2) is 74.6 Å². The fraction of sp³-hybridized carbons (Fsp3) is 0.0952. The summed E-state index contributed by atoms with van der Waals surface area (Å²) in [5.41, 5.74) is 0.338. The van der Waals surface area contributed by atoms with E-state index in [1.54, 1.807) is 24.4 Å². The number of nitrogens with zero attached hydrogens (tertiary/aromatic N) is 2. The van der Waals surface area contributed by atoms with E-state index >= 15 is 0 Å². The Balaban J connectivity index is 1.38. The molecule has 0 saturated carbocycles. The fourth-order valence-electron chi connectivity index (χ4n) is 2.68. The predicted molar refractivity (Wildman–Crippen MR) is 99.5 cm³/mol. The highest BCUT2D eigenvalue weighted by Gasteiger charge is 2.15. The van der Waals surface area contributed by atoms with Crippen molar-refractivity contribution >= 4 is 5.97 Å². The first-order chi connectivity index (χ1) is 14.5. The standard InChI is InChI=1S/C21H14F2N2O5/c22-16-6-4-13(9-17(16)23)20-24-14(11-28-20)12-29-21(27)18-7-5-15(30-18)10-25-8-2-1-3-19(25)26/h1-9,11H,10,12H2. The Morgan fingerprint density at radius 1 is 1.10 bits per heavy atom. The predicted octanol–water partition coefficient (Wildman–Crippen LogP) is 3.78. The number of furan rings is 1. The van der Waals surface area contributed by atoms with Gasteiger partial charge in [0.25, 0.3) is 5.56 Å². The first-order valence-corrected chi connectivity index (χ1v) is 8.81. The van der Waals surface area contributed by atoms with Crippen LogP contribution < -0.4 is 5.56 Å². The lowest BCUT2D eigenvalue weighted by molar-refractivity contribution is 0.0429. The maximum Gasteiger partial charge on any atom is 0.374 e. The van der Waals surface area contributed by atoms with Gasteiger partial charge in [-0.15, -0.1) is 0 Å². The number of halogens is 2. The third-order valence-electron chi connectivity index (χ3n) is 4.16. The Bertz CT molecular complexity index is 1260. The van der Waals surface area contributed by atoms with Crippen molar-refractivity contribution in [3.8, 4) is 11.5 Å². The zero-order chi connectivity index (χ0) is 21.1. The van der Waals surface area contributed by atoms with Crippen LogP contribution in [0.25, 0.3) is 11.5 Å². The molecule has 0 amide bonds. The van der Waals surface area contributed by atoms with E-state index in [0.29, 0.717) is 5.76 Å². The van der Waals surface area contributed by atoms with Crippen molar-refractivity contribution in [2.24, 2.45) is 0 Å². The van der Waals surface area contributed by atoms with Crippen molar-refractivity contribution in [3.05, 3.63) is 100 Å². The van der Waals surface area contributed by atoms with Crippen LogP contribution in [0.4, 0.5) is 8.78 Å². The van der Waals surface area contributed by atoms with Crippen molar-refractivity contribution in [1.29, 1.82) is 0 Å². The largest absolute Gasteiger partial charge is 0.453 e. The van der Waals surface area contributed by atoms with E-state index in [9.17, 15) is 18.4 Å². The van der Waals surface area contributed by atoms with Crippen LogP contribution in [0.3, 0.4) is 0 Å². The molecular formula is C21H14F2N2O5. The van der Waals surface area contributed by atoms with Gasteiger partial charge in [0.05, 0.1) is 6.54 Å². The van der Waals surface area contributed by atoms with Gasteiger partial charge >= 0.3 is 5.97 Å². The number of esters is 1. The summed E-state index contributed by atoms with van der Waals surface area (Å²) in [5.74, 6) is -2.28. The van der Waals surface area contributed by atoms with Crippen molar-refractivity contribution in [2.75, 3.05) is 0 Å². The molecule has 3 aromatic heterocycles. The van der Waals surface area contributed by atoms with Gasteiger partial charge < -0.3 is 18.1 Å². The van der Waals surface area contributed by atoms with Gasteiger partial charge in [-0.3, -0.25) is 4.79 Å². The summed E-state index contributed by atoms with van der Waals surface area (Å²) >= 11 is 0. The van der Waals surface area contributed by atoms with Gasteiger partial charge in [-0.05, 0) is 36.4 Å². The lowest BCUT2D eigenvalue weighted by Gasteiger charge is -2.02. The Hall–Kier alpha value is -4.01. The molecule has 0 fully saturated rings. The van der Waals surface area contributed by atoms with Crippen LogP contribution in [0.5, 0.6) is 0 Å². The molecule has 0 unspecified atom stereocenters. The number of carbonyl (C=O) groups is 1. The molecule has 0 saturated heterocycles. The SMILES string of the molecule is O=C(OCc1coc(-c2ccc(F)c(F)c2)n1)c1ccc(Cn2ccccc2=O)o1. The van der Waals surface area contributed by atoms with E-state index < -0.39 is 17.6 Å². The van der Waals surface area contributed by atoms with Crippen molar-refractivity contribution in [3.63, 3.8) is 0 Å². The number of oxazole rings is 1. The van der Waals surface area contributed by atoms with E-state index in [1.165, 1.54) is 29.0 Å². The number of rotatable bonds is 6. The number of aromatic nitrogens is 2. The van der Waals surface area contributed by atoms with Crippen LogP contribution in [0.2, 0.25) is 0 Å². The molecule has 30 heavy (non-hydrogen) atoms. The molecule has 9 heteroatoms. The zero-order valence-corrected chi connectivity index (χ0v) is 15.4. The molecule has 4 rings (SSSR count). The van der Waals surface area contributed by atoms with Crippen LogP contribution in [-0.4, -0.2) is 15.5 Å². The monoisotopic (exact) mass is 412 g/mol. The average Bonchev–Trinajstić information content (AvgIpc) is 3.40. The number of ether oxygens (including phenoxy) is 1. The topological polar surface area (TPSA) is 87.5 Å². The Morgan fingerprint density at radius 2 is 1.97 bits per heavy atom. The molecule has 1 aromatic carbocycles. The van der Waals surface area contributed by atoms with E-state index in [-0.39, 0.29) is 41.6 Å². The smallest absolute Gasteiger partial charge is 0.374 e. The van der Waals surface area contributed by atoms with Gasteiger partial charge in [0.15, 0.2) is 11.6 Å². The number of benzene rings is 1. The molecule has 3 heterocycles. The van der Waals surface area contributed by atoms with Crippen LogP contribution in [-0.2, 0) is 17.9 Å². The summed E-state index contributed by atoms with van der Waals surface area (Å²) in [4.78, 5) is 28.0. The van der Waals surface area contributed by atoms with Gasteiger partial charge in [-0.2, -0.15) is 0 Å². The summed E-state index contributed by atoms with van der Waals surface area (Å²) in [5, 5.41) is 0. The maximum atomic E-state index is 13.3. The molecule has 0 radical (unpaired) electrons. The minimum Gasteiger partial charge on any atom is -0.453 e. The number of hydrogen-bond donors (Lipinski definition) is 0. The van der Waals surface area contributed by atoms with Crippen LogP contribution in [0, 0.1) is 11.6 Å². The molecule has 0 aliphatic rings. The third kappa shape index (κ3) is 4.19. The van der Waals surface area contributed by atoms with E-state index in [4.69, 9.17) is 13.6 Å². The quantitative estimate of drug-likeness (QED) is 0.448. The van der Waals surface area contributed by atoms with E-state index in [2.05, 4.69) is 4.98 Å². The first kappa shape index (κ1) is 19.3. The van der Waals surface area contributed by atoms with Crippen molar-refractivity contribution < 1.29 is 27.1 Å². The highest BCUT2D eigenvalue weighted by Crippen LogP contribution is 2.21. The van der Waals surface area contributed by atoms with Gasteiger partial charge in [0.2, 0.25) is 11.7 Å². The Morgan fingerprint density at radius 3 is 2.77 bits per heavy atom. The van der Waals surface area contributed by atoms with Crippen molar-refractivity contribution in [2.45, 2.75) is 13.2 Å². The number of hydrogen-bond acceptors (Lipinski definition) is 6. The minimum atomic E-state index is -1.02. The van der Waals surface area contributed by atoms with Gasteiger partial charge in [-0.1, -0.05) is 6.07 Å². The summed E-state index contributed by atoms with van der Waals surface area (Å²) in [6, 6.07) is 11.0. The molecule has 0 aliphatic carbocycles. The van der Waals surface area contributed by atoms with E-state index in [0.717, 1.165) is 12.1 Å². The maximum absolute atomic E-state index is 13.3. The normalized spacial score (nSPS) is 10.9. The fourth-order valence-corrected chi connectivity index (χ4v) is 2.68. The molecule has 4 aromatic rings. The second-order valence-electron chi connectivity index (χ2n) is 6.28. The first-order valence-electron chi connectivity index (χ1n) is 8.81. The second kappa shape index (κ2) is 8.16. The molecule has 0 atom stereocenters. The lowest BCUT2D eigenvalue weighted by atomic mass is 10.2. The molecular weight excluding hydrogens is 398 g/mol. The zero-order valence-electron chi connectivity index (χ0n) is 15.4. The molecule has 0 spiro atoms. The van der Waals surface area contributed by atoms with E-state index in [1.807, 2.05) is 0 Å². The second-order valence-corrected chi connectivity index (χ2v) is 6.28. The minimum absolute atomic E-state index is 0.0293. The molecule has 152 valence electrons. The van der Waals surface area contributed by atoms with Crippen LogP contribution in [0.1, 0.15) is 22.0 Å². The highest BCUT2D eigenvalue weighted by atomic mass is 19.2. The van der Waals surface area contributed by atoms with Gasteiger partial charge in [0, 0.05) is 17.8 Å². The third-order valence-corrected chi connectivity index (χ3v) is 4.16. The summed E-state index contributed by atoms with van der Waals surface area (Å²) < 4.78 is 43.6. The highest BCUT2D eigenvalue weighted by molar-refractivity contribution is 5.86. The summed E-state index contributed by atoms with van der Waals surface area (Å²) in [6.07, 6.45) is 2.86. The summed E-state index contributed by atoms with van der Waals surface area (Å²) in [6.45, 7) is -0.0337. The number of carbonyl (C=O) groups excluding carboxylic acids is 1. The molecule has 7 nitrogen and oxygen atoms in total. The van der Waals surface area contributed by atoms with Crippen LogP contribution >= 0.6 is 0 Å². The number of pyridine rings is 1. The van der Waals surface area contributed by atoms with Gasteiger partial charge in [-0.25, -0.2) is 18.6 Å². The summed E-state index contributed by atoms with van der Waals surface area (Å²) in [7, 11) is 0. The van der Waals surface area contributed by atoms with Gasteiger partial charge in [0.1, 0.15) is 24.3 Å². The Kier molecular flexibility index (Phi) is 5.25. The Labute approximate surface area is 168 Å². The molecule has 0 aliphatic heterocycles. The van der Waals surface area contributed by atoms with Crippen molar-refractivity contribution in [1.82, 2.24) is 9.55 Å².